The van der Waals surface area contributed by atoms with Crippen molar-refractivity contribution < 1.29 is 18.7 Å². The molecule has 3 aromatic rings. The van der Waals surface area contributed by atoms with Crippen molar-refractivity contribution in [3.63, 3.8) is 0 Å². The molecule has 7 nitrogen and oxygen atoms in total. The van der Waals surface area contributed by atoms with Gasteiger partial charge < -0.3 is 9.47 Å². The molecule has 27 heavy (non-hydrogen) atoms. The molecule has 0 saturated carbocycles. The summed E-state index contributed by atoms with van der Waals surface area (Å²) in [4.78, 5) is 16.6. The minimum absolute atomic E-state index is 0.114. The standard InChI is InChI=1S/C18H16ClFN4O3/c1-26-15-5-3-4-13(16(15)27-2)17(25)22-18-21-10-24(23-18)9-11-6-7-12(20)8-14(11)19/h3-8,10H,9H2,1-2H3,(H,22,23,25). The number of halogens is 2. The van der Waals surface area contributed by atoms with Gasteiger partial charge in [0.25, 0.3) is 5.91 Å². The van der Waals surface area contributed by atoms with E-state index in [9.17, 15) is 9.18 Å². The van der Waals surface area contributed by atoms with Crippen LogP contribution in [0.1, 0.15) is 15.9 Å². The summed E-state index contributed by atoms with van der Waals surface area (Å²) in [7, 11) is 2.94. The predicted molar refractivity (Wildman–Crippen MR) is 98.0 cm³/mol. The number of rotatable bonds is 6. The van der Waals surface area contributed by atoms with Crippen molar-refractivity contribution in [2.24, 2.45) is 0 Å². The van der Waals surface area contributed by atoms with Crippen LogP contribution in [0.15, 0.2) is 42.7 Å². The van der Waals surface area contributed by atoms with Gasteiger partial charge in [0, 0.05) is 5.02 Å². The van der Waals surface area contributed by atoms with Gasteiger partial charge in [-0.25, -0.2) is 14.1 Å². The third-order valence-corrected chi connectivity index (χ3v) is 4.11. The van der Waals surface area contributed by atoms with Crippen molar-refractivity contribution in [2.75, 3.05) is 19.5 Å². The van der Waals surface area contributed by atoms with E-state index in [1.165, 1.54) is 37.4 Å². The first-order valence-corrected chi connectivity index (χ1v) is 8.25. The molecule has 1 heterocycles. The molecule has 0 saturated heterocycles. The number of anilines is 1. The van der Waals surface area contributed by atoms with Gasteiger partial charge in [-0.1, -0.05) is 23.7 Å². The molecule has 3 rings (SSSR count). The number of hydrogen-bond acceptors (Lipinski definition) is 5. The van der Waals surface area contributed by atoms with Gasteiger partial charge >= 0.3 is 0 Å². The van der Waals surface area contributed by atoms with E-state index in [2.05, 4.69) is 15.4 Å². The van der Waals surface area contributed by atoms with Crippen LogP contribution in [0, 0.1) is 5.82 Å². The highest BCUT2D eigenvalue weighted by Crippen LogP contribution is 2.31. The fourth-order valence-corrected chi connectivity index (χ4v) is 2.71. The Morgan fingerprint density at radius 3 is 2.78 bits per heavy atom. The lowest BCUT2D eigenvalue weighted by Gasteiger charge is -2.11. The molecule has 1 N–H and O–H groups in total. The molecule has 0 aliphatic rings. The molecule has 0 aliphatic carbocycles. The maximum atomic E-state index is 13.1. The number of carbonyl (C=O) groups is 1. The van der Waals surface area contributed by atoms with E-state index in [4.69, 9.17) is 21.1 Å². The molecule has 0 fully saturated rings. The first kappa shape index (κ1) is 18.7. The molecule has 1 amide bonds. The molecule has 1 aromatic heterocycles. The summed E-state index contributed by atoms with van der Waals surface area (Å²) in [6.07, 6.45) is 1.44. The zero-order chi connectivity index (χ0) is 19.4. The molecular formula is C18H16ClFN4O3. The highest BCUT2D eigenvalue weighted by atomic mass is 35.5. The fourth-order valence-electron chi connectivity index (χ4n) is 2.49. The number of ether oxygens (including phenoxy) is 2. The largest absolute Gasteiger partial charge is 0.493 e. The van der Waals surface area contributed by atoms with E-state index in [-0.39, 0.29) is 23.1 Å². The van der Waals surface area contributed by atoms with Crippen LogP contribution in [0.3, 0.4) is 0 Å². The van der Waals surface area contributed by atoms with Crippen molar-refractivity contribution >= 4 is 23.5 Å². The van der Waals surface area contributed by atoms with Gasteiger partial charge in [0.05, 0.1) is 26.3 Å². The number of para-hydroxylation sites is 1. The van der Waals surface area contributed by atoms with Gasteiger partial charge in [-0.15, -0.1) is 5.10 Å². The predicted octanol–water partition coefficient (Wildman–Crippen LogP) is 3.39. The first-order chi connectivity index (χ1) is 13.0. The fraction of sp³-hybridized carbons (Fsp3) is 0.167. The van der Waals surface area contributed by atoms with Gasteiger partial charge in [0.2, 0.25) is 5.95 Å². The Hall–Kier alpha value is -3.13. The monoisotopic (exact) mass is 390 g/mol. The minimum atomic E-state index is -0.441. The number of amides is 1. The Morgan fingerprint density at radius 1 is 1.26 bits per heavy atom. The number of nitrogens with one attached hydrogen (secondary N) is 1. The van der Waals surface area contributed by atoms with Crippen molar-refractivity contribution in [1.82, 2.24) is 14.8 Å². The number of nitrogens with zero attached hydrogens (tertiary/aromatic N) is 3. The number of carbonyl (C=O) groups excluding carboxylic acids is 1. The second kappa shape index (κ2) is 8.05. The molecule has 0 atom stereocenters. The number of methoxy groups -OCH3 is 2. The van der Waals surface area contributed by atoms with Crippen LogP contribution in [-0.2, 0) is 6.54 Å². The van der Waals surface area contributed by atoms with E-state index in [0.29, 0.717) is 17.1 Å². The summed E-state index contributed by atoms with van der Waals surface area (Å²) in [5, 5.41) is 7.07. The lowest BCUT2D eigenvalue weighted by molar-refractivity contribution is 0.102. The summed E-state index contributed by atoms with van der Waals surface area (Å²) in [6.45, 7) is 0.282. The van der Waals surface area contributed by atoms with Crippen LogP contribution in [0.5, 0.6) is 11.5 Å². The Kier molecular flexibility index (Phi) is 5.56. The summed E-state index contributed by atoms with van der Waals surface area (Å²) >= 11 is 6.02. The Balaban J connectivity index is 1.75. The smallest absolute Gasteiger partial charge is 0.261 e. The molecule has 9 heteroatoms. The second-order valence-electron chi connectivity index (χ2n) is 5.50. The third kappa shape index (κ3) is 4.17. The van der Waals surface area contributed by atoms with E-state index < -0.39 is 11.7 Å². The number of hydrogen-bond donors (Lipinski definition) is 1. The van der Waals surface area contributed by atoms with E-state index in [1.807, 2.05) is 0 Å². The Labute approximate surface area is 159 Å². The first-order valence-electron chi connectivity index (χ1n) is 7.87. The second-order valence-corrected chi connectivity index (χ2v) is 5.90. The molecule has 0 aliphatic heterocycles. The molecule has 0 unspecified atom stereocenters. The van der Waals surface area contributed by atoms with Gasteiger partial charge in [-0.2, -0.15) is 0 Å². The maximum Gasteiger partial charge on any atom is 0.261 e. The van der Waals surface area contributed by atoms with Crippen LogP contribution in [-0.4, -0.2) is 34.9 Å². The number of aromatic nitrogens is 3. The molecule has 140 valence electrons. The summed E-state index contributed by atoms with van der Waals surface area (Å²) in [6, 6.07) is 9.08. The van der Waals surface area contributed by atoms with Crippen molar-refractivity contribution in [3.05, 3.63) is 64.7 Å². The molecule has 0 bridgehead atoms. The quantitative estimate of drug-likeness (QED) is 0.698. The maximum absolute atomic E-state index is 13.1. The molecule has 2 aromatic carbocycles. The average Bonchev–Trinajstić information content (AvgIpc) is 3.10. The van der Waals surface area contributed by atoms with Crippen molar-refractivity contribution in [2.45, 2.75) is 6.54 Å². The molecule has 0 radical (unpaired) electrons. The van der Waals surface area contributed by atoms with Crippen LogP contribution >= 0.6 is 11.6 Å². The van der Waals surface area contributed by atoms with E-state index in [1.54, 1.807) is 24.3 Å². The van der Waals surface area contributed by atoms with Crippen LogP contribution < -0.4 is 14.8 Å². The highest BCUT2D eigenvalue weighted by Gasteiger charge is 2.18. The van der Waals surface area contributed by atoms with Gasteiger partial charge in [0.15, 0.2) is 11.5 Å². The van der Waals surface area contributed by atoms with E-state index in [0.717, 1.165) is 0 Å². The lowest BCUT2D eigenvalue weighted by Crippen LogP contribution is -2.15. The van der Waals surface area contributed by atoms with Crippen molar-refractivity contribution in [3.8, 4) is 11.5 Å². The summed E-state index contributed by atoms with van der Waals surface area (Å²) in [5.41, 5.74) is 0.963. The lowest BCUT2D eigenvalue weighted by atomic mass is 10.1. The van der Waals surface area contributed by atoms with Crippen LogP contribution in [0.4, 0.5) is 10.3 Å². The van der Waals surface area contributed by atoms with Crippen molar-refractivity contribution in [1.29, 1.82) is 0 Å². The SMILES string of the molecule is COc1cccc(C(=O)Nc2ncn(Cc3ccc(F)cc3Cl)n2)c1OC. The van der Waals surface area contributed by atoms with Gasteiger partial charge in [0.1, 0.15) is 12.1 Å². The average molecular weight is 391 g/mol. The highest BCUT2D eigenvalue weighted by molar-refractivity contribution is 6.31. The topological polar surface area (TPSA) is 78.3 Å². The van der Waals surface area contributed by atoms with Crippen LogP contribution in [0.2, 0.25) is 5.02 Å². The number of benzene rings is 2. The molecule has 0 spiro atoms. The third-order valence-electron chi connectivity index (χ3n) is 3.76. The summed E-state index contributed by atoms with van der Waals surface area (Å²) < 4.78 is 25.1. The minimum Gasteiger partial charge on any atom is -0.493 e. The van der Waals surface area contributed by atoms with Crippen LogP contribution in [0.25, 0.3) is 0 Å². The normalized spacial score (nSPS) is 10.5. The summed E-state index contributed by atoms with van der Waals surface area (Å²) in [5.74, 6) is 0.0126. The molecular weight excluding hydrogens is 375 g/mol. The van der Waals surface area contributed by atoms with E-state index >= 15 is 0 Å². The zero-order valence-electron chi connectivity index (χ0n) is 14.6. The van der Waals surface area contributed by atoms with Gasteiger partial charge in [-0.3, -0.25) is 10.1 Å². The van der Waals surface area contributed by atoms with Gasteiger partial charge in [-0.05, 0) is 29.8 Å². The Morgan fingerprint density at radius 2 is 2.07 bits per heavy atom. The Bertz CT molecular complexity index is 977. The zero-order valence-corrected chi connectivity index (χ0v) is 15.3.